The van der Waals surface area contributed by atoms with E-state index in [1.807, 2.05) is 4.90 Å². The smallest absolute Gasteiger partial charge is 0.493 e. The minimum Gasteiger partial charge on any atom is -0.493 e. The molecule has 1 aromatic heterocycles. The lowest BCUT2D eigenvalue weighted by molar-refractivity contribution is -0.274. The van der Waals surface area contributed by atoms with Crippen molar-refractivity contribution in [3.8, 4) is 23.0 Å². The maximum atomic E-state index is 13.1. The van der Waals surface area contributed by atoms with Gasteiger partial charge in [0.15, 0.2) is 16.6 Å². The Labute approximate surface area is 197 Å². The fraction of sp³-hybridized carbons (Fsp3) is 0.364. The normalized spacial score (nSPS) is 14.3. The summed E-state index contributed by atoms with van der Waals surface area (Å²) in [6.07, 6.45) is -4.75. The molecular formula is C22H22F3N3O5S. The third kappa shape index (κ3) is 4.91. The van der Waals surface area contributed by atoms with Crippen LogP contribution >= 0.6 is 11.3 Å². The molecule has 0 atom stereocenters. The Morgan fingerprint density at radius 3 is 2.18 bits per heavy atom. The number of hydrogen-bond donors (Lipinski definition) is 0. The van der Waals surface area contributed by atoms with Crippen molar-refractivity contribution in [2.75, 3.05) is 52.4 Å². The number of halogens is 3. The van der Waals surface area contributed by atoms with E-state index in [9.17, 15) is 18.0 Å². The predicted octanol–water partition coefficient (Wildman–Crippen LogP) is 4.18. The maximum Gasteiger partial charge on any atom is 0.573 e. The molecule has 0 saturated carbocycles. The third-order valence-corrected chi connectivity index (χ3v) is 6.41. The Kier molecular flexibility index (Phi) is 6.60. The van der Waals surface area contributed by atoms with Gasteiger partial charge in [-0.25, -0.2) is 4.98 Å². The van der Waals surface area contributed by atoms with E-state index in [4.69, 9.17) is 14.2 Å². The largest absolute Gasteiger partial charge is 0.573 e. The van der Waals surface area contributed by atoms with E-state index < -0.39 is 6.36 Å². The highest BCUT2D eigenvalue weighted by Gasteiger charge is 2.31. The lowest BCUT2D eigenvalue weighted by atomic mass is 10.1. The molecule has 34 heavy (non-hydrogen) atoms. The number of hydrogen-bond acceptors (Lipinski definition) is 8. The average Bonchev–Trinajstić information content (AvgIpc) is 3.25. The van der Waals surface area contributed by atoms with Gasteiger partial charge in [0.1, 0.15) is 5.75 Å². The number of methoxy groups -OCH3 is 3. The number of thiazole rings is 1. The van der Waals surface area contributed by atoms with Crippen LogP contribution in [0, 0.1) is 0 Å². The van der Waals surface area contributed by atoms with E-state index in [0.29, 0.717) is 64.3 Å². The van der Waals surface area contributed by atoms with Crippen LogP contribution in [0.4, 0.5) is 18.3 Å². The summed E-state index contributed by atoms with van der Waals surface area (Å²) in [5.41, 5.74) is 1.01. The van der Waals surface area contributed by atoms with Crippen molar-refractivity contribution in [3.05, 3.63) is 35.9 Å². The van der Waals surface area contributed by atoms with E-state index in [1.165, 1.54) is 50.9 Å². The second-order valence-electron chi connectivity index (χ2n) is 7.37. The van der Waals surface area contributed by atoms with Crippen LogP contribution in [0.25, 0.3) is 10.2 Å². The molecule has 0 aliphatic carbocycles. The van der Waals surface area contributed by atoms with Crippen molar-refractivity contribution in [2.24, 2.45) is 0 Å². The fourth-order valence-electron chi connectivity index (χ4n) is 3.71. The van der Waals surface area contributed by atoms with Gasteiger partial charge in [-0.2, -0.15) is 0 Å². The van der Waals surface area contributed by atoms with Crippen LogP contribution in [-0.2, 0) is 0 Å². The summed E-state index contributed by atoms with van der Waals surface area (Å²) in [5, 5.41) is 0.680. The maximum absolute atomic E-state index is 13.1. The molecular weight excluding hydrogens is 475 g/mol. The van der Waals surface area contributed by atoms with Crippen LogP contribution in [0.2, 0.25) is 0 Å². The molecule has 3 aromatic rings. The third-order valence-electron chi connectivity index (χ3n) is 5.33. The number of anilines is 1. The summed E-state index contributed by atoms with van der Waals surface area (Å²) in [7, 11) is 4.47. The van der Waals surface area contributed by atoms with Gasteiger partial charge in [-0.15, -0.1) is 13.2 Å². The monoisotopic (exact) mass is 497 g/mol. The molecule has 1 saturated heterocycles. The van der Waals surface area contributed by atoms with Crippen molar-refractivity contribution in [1.82, 2.24) is 9.88 Å². The quantitative estimate of drug-likeness (QED) is 0.506. The van der Waals surface area contributed by atoms with Gasteiger partial charge in [-0.3, -0.25) is 4.79 Å². The van der Waals surface area contributed by atoms with Gasteiger partial charge in [-0.05, 0) is 24.3 Å². The van der Waals surface area contributed by atoms with Gasteiger partial charge in [0.25, 0.3) is 5.91 Å². The molecule has 1 aliphatic rings. The van der Waals surface area contributed by atoms with Crippen LogP contribution in [0.1, 0.15) is 10.4 Å². The van der Waals surface area contributed by atoms with Crippen LogP contribution in [-0.4, -0.2) is 69.7 Å². The zero-order valence-electron chi connectivity index (χ0n) is 18.6. The zero-order valence-corrected chi connectivity index (χ0v) is 19.5. The fourth-order valence-corrected chi connectivity index (χ4v) is 4.76. The highest BCUT2D eigenvalue weighted by atomic mass is 32.1. The van der Waals surface area contributed by atoms with E-state index in [0.717, 1.165) is 0 Å². The van der Waals surface area contributed by atoms with E-state index in [1.54, 1.807) is 17.0 Å². The molecule has 2 aromatic carbocycles. The van der Waals surface area contributed by atoms with Crippen molar-refractivity contribution in [3.63, 3.8) is 0 Å². The van der Waals surface area contributed by atoms with Crippen LogP contribution in [0.5, 0.6) is 23.0 Å². The van der Waals surface area contributed by atoms with E-state index in [-0.39, 0.29) is 11.7 Å². The van der Waals surface area contributed by atoms with Crippen molar-refractivity contribution < 1.29 is 36.9 Å². The Hall–Kier alpha value is -3.41. The first-order valence-electron chi connectivity index (χ1n) is 10.2. The molecule has 182 valence electrons. The number of fused-ring (bicyclic) bond motifs is 1. The topological polar surface area (TPSA) is 73.4 Å². The summed E-state index contributed by atoms with van der Waals surface area (Å²) >= 11 is 1.28. The SMILES string of the molecule is COc1cc(C(=O)N2CCN(c3nc4ccc(OC(F)(F)F)cc4s3)CC2)cc(OC)c1OC. The average molecular weight is 497 g/mol. The number of piperazine rings is 1. The first-order valence-corrected chi connectivity index (χ1v) is 11.0. The molecule has 0 radical (unpaired) electrons. The Morgan fingerprint density at radius 1 is 0.971 bits per heavy atom. The Morgan fingerprint density at radius 2 is 1.62 bits per heavy atom. The van der Waals surface area contributed by atoms with Gasteiger partial charge in [0, 0.05) is 37.8 Å². The number of alkyl halides is 3. The molecule has 0 bridgehead atoms. The highest BCUT2D eigenvalue weighted by molar-refractivity contribution is 7.22. The second-order valence-corrected chi connectivity index (χ2v) is 8.38. The number of ether oxygens (including phenoxy) is 4. The highest BCUT2D eigenvalue weighted by Crippen LogP contribution is 2.39. The predicted molar refractivity (Wildman–Crippen MR) is 121 cm³/mol. The molecule has 1 amide bonds. The van der Waals surface area contributed by atoms with Gasteiger partial charge >= 0.3 is 6.36 Å². The molecule has 4 rings (SSSR count). The first-order chi connectivity index (χ1) is 16.2. The number of amides is 1. The van der Waals surface area contributed by atoms with Crippen molar-refractivity contribution in [1.29, 1.82) is 0 Å². The summed E-state index contributed by atoms with van der Waals surface area (Å²) < 4.78 is 58.0. The van der Waals surface area contributed by atoms with Gasteiger partial charge < -0.3 is 28.7 Å². The molecule has 12 heteroatoms. The first kappa shape index (κ1) is 23.7. The number of benzene rings is 2. The number of rotatable bonds is 6. The number of carbonyl (C=O) groups excluding carboxylic acids is 1. The number of nitrogens with zero attached hydrogens (tertiary/aromatic N) is 3. The summed E-state index contributed by atoms with van der Waals surface area (Å²) in [5.74, 6) is 0.749. The van der Waals surface area contributed by atoms with E-state index >= 15 is 0 Å². The van der Waals surface area contributed by atoms with Gasteiger partial charge in [0.2, 0.25) is 5.75 Å². The Bertz CT molecular complexity index is 1170. The Balaban J connectivity index is 1.46. The van der Waals surface area contributed by atoms with Crippen LogP contribution in [0.3, 0.4) is 0 Å². The molecule has 8 nitrogen and oxygen atoms in total. The number of carbonyl (C=O) groups is 1. The van der Waals surface area contributed by atoms with Crippen LogP contribution < -0.4 is 23.8 Å². The number of aromatic nitrogens is 1. The minimum absolute atomic E-state index is 0.169. The minimum atomic E-state index is -4.75. The summed E-state index contributed by atoms with van der Waals surface area (Å²) in [6.45, 7) is 1.96. The lowest BCUT2D eigenvalue weighted by Gasteiger charge is -2.34. The molecule has 2 heterocycles. The second kappa shape index (κ2) is 9.45. The zero-order chi connectivity index (χ0) is 24.5. The summed E-state index contributed by atoms with van der Waals surface area (Å²) in [4.78, 5) is 21.4. The lowest BCUT2D eigenvalue weighted by Crippen LogP contribution is -2.48. The molecule has 0 unspecified atom stereocenters. The van der Waals surface area contributed by atoms with Gasteiger partial charge in [0.05, 0.1) is 31.5 Å². The molecule has 0 N–H and O–H groups in total. The van der Waals surface area contributed by atoms with Crippen molar-refractivity contribution >= 4 is 32.6 Å². The molecule has 1 aliphatic heterocycles. The molecule has 1 fully saturated rings. The van der Waals surface area contributed by atoms with Crippen molar-refractivity contribution in [2.45, 2.75) is 6.36 Å². The van der Waals surface area contributed by atoms with Gasteiger partial charge in [-0.1, -0.05) is 11.3 Å². The summed E-state index contributed by atoms with van der Waals surface area (Å²) in [6, 6.07) is 7.30. The standard InChI is InChI=1S/C22H22F3N3O5S/c1-30-16-10-13(11-17(31-2)19(16)32-3)20(29)27-6-8-28(9-7-27)21-26-15-5-4-14(12-18(15)34-21)33-22(23,24)25/h4-5,10-12H,6-9H2,1-3H3. The van der Waals surface area contributed by atoms with Crippen LogP contribution in [0.15, 0.2) is 30.3 Å². The van der Waals surface area contributed by atoms with E-state index in [2.05, 4.69) is 9.72 Å². The molecule has 0 spiro atoms.